The van der Waals surface area contributed by atoms with E-state index in [9.17, 15) is 9.59 Å². The number of benzene rings is 1. The van der Waals surface area contributed by atoms with Crippen LogP contribution in [0, 0.1) is 0 Å². The van der Waals surface area contributed by atoms with Crippen molar-refractivity contribution in [1.29, 1.82) is 0 Å². The van der Waals surface area contributed by atoms with Crippen LogP contribution in [-0.4, -0.2) is 56.1 Å². The number of anilines is 1. The molecule has 160 valence electrons. The summed E-state index contributed by atoms with van der Waals surface area (Å²) in [6.45, 7) is 1.35. The lowest BCUT2D eigenvalue weighted by Crippen LogP contribution is -2.46. The molecule has 0 bridgehead atoms. The highest BCUT2D eigenvalue weighted by atomic mass is 35.5. The van der Waals surface area contributed by atoms with Crippen LogP contribution in [0.5, 0.6) is 0 Å². The van der Waals surface area contributed by atoms with Gasteiger partial charge in [-0.3, -0.25) is 14.5 Å². The average Bonchev–Trinajstić information content (AvgIpc) is 3.50. The van der Waals surface area contributed by atoms with Gasteiger partial charge in [0.15, 0.2) is 0 Å². The van der Waals surface area contributed by atoms with Crippen molar-refractivity contribution < 1.29 is 9.59 Å². The maximum atomic E-state index is 13.1. The molecular weight excluding hydrogens is 459 g/mol. The zero-order valence-corrected chi connectivity index (χ0v) is 18.6. The molecule has 2 saturated heterocycles. The summed E-state index contributed by atoms with van der Waals surface area (Å²) >= 11 is 13.8. The fourth-order valence-electron chi connectivity index (χ4n) is 4.13. The third kappa shape index (κ3) is 3.87. The Morgan fingerprint density at radius 3 is 2.61 bits per heavy atom. The van der Waals surface area contributed by atoms with Crippen molar-refractivity contribution in [3.63, 3.8) is 0 Å². The second kappa shape index (κ2) is 8.31. The van der Waals surface area contributed by atoms with Gasteiger partial charge in [0.25, 0.3) is 5.91 Å². The number of piperidine rings is 1. The van der Waals surface area contributed by atoms with Gasteiger partial charge in [0.1, 0.15) is 0 Å². The number of amides is 2. The molecule has 8 nitrogen and oxygen atoms in total. The molecule has 2 aliphatic rings. The SMILES string of the molecule is O=C1CC(N2CCC(n3nnc(-c4cccs4)n3)CC2)C(=O)N1c1ccc(Cl)cc1Cl. The quantitative estimate of drug-likeness (QED) is 0.534. The average molecular weight is 477 g/mol. The Hall–Kier alpha value is -2.33. The van der Waals surface area contributed by atoms with E-state index in [1.54, 1.807) is 28.3 Å². The Balaban J connectivity index is 1.26. The molecule has 2 amide bonds. The molecule has 0 radical (unpaired) electrons. The predicted molar refractivity (Wildman–Crippen MR) is 118 cm³/mol. The van der Waals surface area contributed by atoms with E-state index >= 15 is 0 Å². The first-order chi connectivity index (χ1) is 15.0. The van der Waals surface area contributed by atoms with Gasteiger partial charge in [-0.05, 0) is 47.7 Å². The number of rotatable bonds is 4. The Morgan fingerprint density at radius 1 is 1.10 bits per heavy atom. The van der Waals surface area contributed by atoms with Gasteiger partial charge in [-0.15, -0.1) is 21.5 Å². The van der Waals surface area contributed by atoms with Crippen molar-refractivity contribution in [3.05, 3.63) is 45.8 Å². The highest BCUT2D eigenvalue weighted by Crippen LogP contribution is 2.34. The molecule has 1 aromatic carbocycles. The molecule has 4 heterocycles. The number of halogens is 2. The monoisotopic (exact) mass is 476 g/mol. The molecule has 3 aromatic rings. The largest absolute Gasteiger partial charge is 0.291 e. The standard InChI is InChI=1S/C20H18Cl2N6O2S/c21-12-3-4-15(14(22)10-12)27-18(29)11-16(20(27)30)26-7-5-13(6-8-26)28-24-19(23-25-28)17-2-1-9-31-17/h1-4,9-10,13,16H,5-8,11H2. The molecule has 0 aliphatic carbocycles. The van der Waals surface area contributed by atoms with E-state index in [1.165, 1.54) is 11.0 Å². The van der Waals surface area contributed by atoms with Crippen molar-refractivity contribution in [2.24, 2.45) is 0 Å². The van der Waals surface area contributed by atoms with Crippen LogP contribution in [0.3, 0.4) is 0 Å². The molecule has 0 N–H and O–H groups in total. The number of tetrazole rings is 1. The first-order valence-electron chi connectivity index (χ1n) is 9.90. The zero-order chi connectivity index (χ0) is 21.5. The number of hydrogen-bond donors (Lipinski definition) is 0. The lowest BCUT2D eigenvalue weighted by Gasteiger charge is -2.34. The molecule has 1 unspecified atom stereocenters. The molecule has 2 fully saturated rings. The summed E-state index contributed by atoms with van der Waals surface area (Å²) in [5, 5.41) is 15.6. The molecule has 2 aliphatic heterocycles. The predicted octanol–water partition coefficient (Wildman–Crippen LogP) is 3.68. The lowest BCUT2D eigenvalue weighted by molar-refractivity contribution is -0.123. The van der Waals surface area contributed by atoms with Gasteiger partial charge in [0, 0.05) is 18.1 Å². The van der Waals surface area contributed by atoms with E-state index in [0.717, 1.165) is 17.7 Å². The Labute approximate surface area is 192 Å². The highest BCUT2D eigenvalue weighted by Gasteiger charge is 2.44. The van der Waals surface area contributed by atoms with Crippen LogP contribution in [0.2, 0.25) is 10.0 Å². The first kappa shape index (κ1) is 20.6. The zero-order valence-electron chi connectivity index (χ0n) is 16.3. The molecule has 31 heavy (non-hydrogen) atoms. The number of carbonyl (C=O) groups excluding carboxylic acids is 2. The molecule has 5 rings (SSSR count). The third-order valence-corrected chi connectivity index (χ3v) is 7.11. The Morgan fingerprint density at radius 2 is 1.90 bits per heavy atom. The Kier molecular flexibility index (Phi) is 5.51. The summed E-state index contributed by atoms with van der Waals surface area (Å²) in [5.41, 5.74) is 0.381. The second-order valence-electron chi connectivity index (χ2n) is 7.56. The van der Waals surface area contributed by atoms with Crippen LogP contribution >= 0.6 is 34.5 Å². The number of hydrogen-bond acceptors (Lipinski definition) is 7. The van der Waals surface area contributed by atoms with Crippen molar-refractivity contribution in [2.75, 3.05) is 18.0 Å². The third-order valence-electron chi connectivity index (χ3n) is 5.71. The normalized spacial score (nSPS) is 20.7. The number of aromatic nitrogens is 4. The van der Waals surface area contributed by atoms with Gasteiger partial charge in [-0.25, -0.2) is 4.90 Å². The van der Waals surface area contributed by atoms with E-state index in [4.69, 9.17) is 23.2 Å². The minimum Gasteiger partial charge on any atom is -0.291 e. The van der Waals surface area contributed by atoms with Crippen molar-refractivity contribution in [1.82, 2.24) is 25.1 Å². The lowest BCUT2D eigenvalue weighted by atomic mass is 10.0. The molecule has 1 atom stereocenters. The number of nitrogens with zero attached hydrogens (tertiary/aromatic N) is 6. The van der Waals surface area contributed by atoms with Crippen LogP contribution in [0.1, 0.15) is 25.3 Å². The number of thiophene rings is 1. The van der Waals surface area contributed by atoms with E-state index < -0.39 is 6.04 Å². The Bertz CT molecular complexity index is 1130. The van der Waals surface area contributed by atoms with Gasteiger partial charge in [-0.2, -0.15) is 4.80 Å². The van der Waals surface area contributed by atoms with Crippen LogP contribution in [0.25, 0.3) is 10.7 Å². The maximum absolute atomic E-state index is 13.1. The summed E-state index contributed by atoms with van der Waals surface area (Å²) in [6.07, 6.45) is 1.70. The van der Waals surface area contributed by atoms with E-state index in [2.05, 4.69) is 20.3 Å². The highest BCUT2D eigenvalue weighted by molar-refractivity contribution is 7.13. The van der Waals surface area contributed by atoms with Gasteiger partial charge in [-0.1, -0.05) is 29.3 Å². The maximum Gasteiger partial charge on any atom is 0.251 e. The first-order valence-corrected chi connectivity index (χ1v) is 11.5. The summed E-state index contributed by atoms with van der Waals surface area (Å²) in [4.78, 5) is 31.6. The van der Waals surface area contributed by atoms with Crippen LogP contribution in [0.15, 0.2) is 35.7 Å². The summed E-state index contributed by atoms with van der Waals surface area (Å²) in [5.74, 6) is 0.135. The van der Waals surface area contributed by atoms with Crippen molar-refractivity contribution in [2.45, 2.75) is 31.3 Å². The van der Waals surface area contributed by atoms with E-state index in [-0.39, 0.29) is 29.3 Å². The molecular formula is C20H18Cl2N6O2S. The van der Waals surface area contributed by atoms with Gasteiger partial charge < -0.3 is 0 Å². The molecule has 0 saturated carbocycles. The van der Waals surface area contributed by atoms with Crippen molar-refractivity contribution >= 4 is 52.0 Å². The summed E-state index contributed by atoms with van der Waals surface area (Å²) in [6, 6.07) is 8.33. The van der Waals surface area contributed by atoms with Gasteiger partial charge in [0.2, 0.25) is 11.7 Å². The number of imide groups is 1. The fourth-order valence-corrected chi connectivity index (χ4v) is 5.27. The van der Waals surface area contributed by atoms with Crippen molar-refractivity contribution in [3.8, 4) is 10.7 Å². The van der Waals surface area contributed by atoms with Crippen LogP contribution in [0.4, 0.5) is 5.69 Å². The topological polar surface area (TPSA) is 84.2 Å². The smallest absolute Gasteiger partial charge is 0.251 e. The van der Waals surface area contributed by atoms with Crippen LogP contribution < -0.4 is 4.90 Å². The fraction of sp³-hybridized carbons (Fsp3) is 0.350. The summed E-state index contributed by atoms with van der Waals surface area (Å²) in [7, 11) is 0. The number of likely N-dealkylation sites (tertiary alicyclic amines) is 1. The van der Waals surface area contributed by atoms with Gasteiger partial charge >= 0.3 is 0 Å². The number of carbonyl (C=O) groups is 2. The van der Waals surface area contributed by atoms with E-state index in [0.29, 0.717) is 29.6 Å². The molecule has 2 aromatic heterocycles. The summed E-state index contributed by atoms with van der Waals surface area (Å²) < 4.78 is 0. The van der Waals surface area contributed by atoms with Gasteiger partial charge in [0.05, 0.1) is 34.1 Å². The molecule has 0 spiro atoms. The van der Waals surface area contributed by atoms with Crippen LogP contribution in [-0.2, 0) is 9.59 Å². The minimum atomic E-state index is -0.481. The molecule has 11 heteroatoms. The second-order valence-corrected chi connectivity index (χ2v) is 9.35. The minimum absolute atomic E-state index is 0.117. The van der Waals surface area contributed by atoms with E-state index in [1.807, 2.05) is 17.5 Å².